The van der Waals surface area contributed by atoms with Gasteiger partial charge in [0.1, 0.15) is 5.69 Å². The fourth-order valence-electron chi connectivity index (χ4n) is 3.48. The Morgan fingerprint density at radius 3 is 2.31 bits per heavy atom. The molecule has 3 aromatic rings. The van der Waals surface area contributed by atoms with Crippen molar-refractivity contribution in [1.82, 2.24) is 14.3 Å². The van der Waals surface area contributed by atoms with Crippen LogP contribution >= 0.6 is 0 Å². The van der Waals surface area contributed by atoms with Crippen LogP contribution < -0.4 is 10.9 Å². The van der Waals surface area contributed by atoms with E-state index >= 15 is 0 Å². The fraction of sp³-hybridized carbons (Fsp3) is 0.304. The van der Waals surface area contributed by atoms with Crippen molar-refractivity contribution in [3.63, 3.8) is 0 Å². The summed E-state index contributed by atoms with van der Waals surface area (Å²) in [4.78, 5) is 27.3. The molecule has 0 saturated heterocycles. The van der Waals surface area contributed by atoms with Crippen molar-refractivity contribution in [1.29, 1.82) is 0 Å². The molecule has 0 aliphatic heterocycles. The number of hydrogen-bond donors (Lipinski definition) is 1. The van der Waals surface area contributed by atoms with Gasteiger partial charge in [-0.05, 0) is 44.7 Å². The van der Waals surface area contributed by atoms with Gasteiger partial charge in [-0.25, -0.2) is 4.68 Å². The summed E-state index contributed by atoms with van der Waals surface area (Å²) in [6.07, 6.45) is -4.48. The quantitative estimate of drug-likeness (QED) is 0.624. The highest BCUT2D eigenvalue weighted by Gasteiger charge is 2.33. The second-order valence-electron chi connectivity index (χ2n) is 7.67. The lowest BCUT2D eigenvalue weighted by atomic mass is 10.1. The number of aromatic nitrogens is 2. The summed E-state index contributed by atoms with van der Waals surface area (Å²) in [5.41, 5.74) is 0.301. The Kier molecular flexibility index (Phi) is 6.59. The van der Waals surface area contributed by atoms with Crippen LogP contribution in [0, 0.1) is 6.92 Å². The van der Waals surface area contributed by atoms with Crippen LogP contribution in [-0.2, 0) is 24.6 Å². The molecule has 1 amide bonds. The number of nitrogens with one attached hydrogen (secondary N) is 1. The number of para-hydroxylation sites is 1. The number of amides is 1. The second-order valence-corrected chi connectivity index (χ2v) is 7.67. The van der Waals surface area contributed by atoms with Crippen LogP contribution in [0.15, 0.2) is 59.4 Å². The van der Waals surface area contributed by atoms with Gasteiger partial charge in [0.2, 0.25) is 5.91 Å². The van der Waals surface area contributed by atoms with Crippen LogP contribution in [0.2, 0.25) is 0 Å². The molecule has 1 atom stereocenters. The van der Waals surface area contributed by atoms with Crippen molar-refractivity contribution in [2.75, 3.05) is 12.4 Å². The number of carbonyl (C=O) groups excluding carboxylic acids is 1. The molecule has 1 N–H and O–H groups in total. The standard InChI is InChI=1S/C23H25F3N4O2/c1-15-20(22(32)30(29(15)4)18-11-6-5-7-12-18)27-21(31)16(2)28(3)14-17-10-8-9-13-19(17)23(24,25)26/h5-13,16H,14H2,1-4H3,(H,27,31). The SMILES string of the molecule is Cc1c(NC(=O)C(C)N(C)Cc2ccccc2C(F)(F)F)c(=O)n(-c2ccccc2)n1C. The zero-order chi connectivity index (χ0) is 23.6. The van der Waals surface area contributed by atoms with Gasteiger partial charge in [0, 0.05) is 13.6 Å². The number of halogens is 3. The first-order valence-electron chi connectivity index (χ1n) is 10.0. The molecule has 0 saturated carbocycles. The van der Waals surface area contributed by atoms with E-state index in [0.717, 1.165) is 6.07 Å². The van der Waals surface area contributed by atoms with E-state index in [9.17, 15) is 22.8 Å². The molecule has 9 heteroatoms. The Labute approximate surface area is 183 Å². The van der Waals surface area contributed by atoms with E-state index in [1.165, 1.54) is 27.8 Å². The van der Waals surface area contributed by atoms with Gasteiger partial charge in [-0.15, -0.1) is 0 Å². The normalized spacial score (nSPS) is 12.8. The summed E-state index contributed by atoms with van der Waals surface area (Å²) in [6.45, 7) is 3.22. The number of hydrogen-bond acceptors (Lipinski definition) is 3. The van der Waals surface area contributed by atoms with Crippen LogP contribution in [0.4, 0.5) is 18.9 Å². The monoisotopic (exact) mass is 446 g/mol. The van der Waals surface area contributed by atoms with Gasteiger partial charge < -0.3 is 5.32 Å². The molecular formula is C23H25F3N4O2. The van der Waals surface area contributed by atoms with E-state index in [4.69, 9.17) is 0 Å². The Balaban J connectivity index is 1.81. The van der Waals surface area contributed by atoms with Gasteiger partial charge in [0.05, 0.1) is 23.0 Å². The van der Waals surface area contributed by atoms with E-state index in [0.29, 0.717) is 11.4 Å². The minimum absolute atomic E-state index is 0.0736. The van der Waals surface area contributed by atoms with Crippen molar-refractivity contribution < 1.29 is 18.0 Å². The predicted molar refractivity (Wildman–Crippen MR) is 117 cm³/mol. The minimum atomic E-state index is -4.48. The summed E-state index contributed by atoms with van der Waals surface area (Å²) < 4.78 is 42.9. The zero-order valence-corrected chi connectivity index (χ0v) is 18.3. The van der Waals surface area contributed by atoms with E-state index in [-0.39, 0.29) is 23.4 Å². The van der Waals surface area contributed by atoms with Crippen LogP contribution in [-0.4, -0.2) is 33.3 Å². The number of likely N-dealkylation sites (N-methyl/N-ethyl adjacent to an activating group) is 1. The molecule has 0 bridgehead atoms. The van der Waals surface area contributed by atoms with Crippen molar-refractivity contribution in [3.05, 3.63) is 81.8 Å². The molecule has 2 aromatic carbocycles. The van der Waals surface area contributed by atoms with E-state index in [2.05, 4.69) is 5.32 Å². The number of anilines is 1. The maximum Gasteiger partial charge on any atom is 0.416 e. The molecule has 0 radical (unpaired) electrons. The third-order valence-corrected chi connectivity index (χ3v) is 5.59. The van der Waals surface area contributed by atoms with Crippen LogP contribution in [0.25, 0.3) is 5.69 Å². The number of alkyl halides is 3. The Bertz CT molecular complexity index is 1170. The van der Waals surface area contributed by atoms with E-state index in [1.54, 1.807) is 56.9 Å². The molecule has 3 rings (SSSR count). The summed E-state index contributed by atoms with van der Waals surface area (Å²) in [6, 6.07) is 13.5. The molecule has 0 aliphatic rings. The Morgan fingerprint density at radius 2 is 1.69 bits per heavy atom. The molecule has 1 unspecified atom stereocenters. The molecule has 32 heavy (non-hydrogen) atoms. The van der Waals surface area contributed by atoms with Gasteiger partial charge in [-0.2, -0.15) is 13.2 Å². The topological polar surface area (TPSA) is 59.3 Å². The van der Waals surface area contributed by atoms with Gasteiger partial charge in [-0.3, -0.25) is 19.2 Å². The first-order chi connectivity index (χ1) is 15.0. The summed E-state index contributed by atoms with van der Waals surface area (Å²) >= 11 is 0. The van der Waals surface area contributed by atoms with Crippen molar-refractivity contribution >= 4 is 11.6 Å². The van der Waals surface area contributed by atoms with E-state index in [1.807, 2.05) is 6.07 Å². The van der Waals surface area contributed by atoms with Gasteiger partial charge in [0.25, 0.3) is 5.56 Å². The fourth-order valence-corrected chi connectivity index (χ4v) is 3.48. The van der Waals surface area contributed by atoms with Crippen molar-refractivity contribution in [2.45, 2.75) is 32.6 Å². The summed E-state index contributed by atoms with van der Waals surface area (Å²) in [7, 11) is 3.28. The first-order valence-corrected chi connectivity index (χ1v) is 10.0. The average molecular weight is 446 g/mol. The van der Waals surface area contributed by atoms with Gasteiger partial charge in [0.15, 0.2) is 0 Å². The highest BCUT2D eigenvalue weighted by molar-refractivity contribution is 5.94. The van der Waals surface area contributed by atoms with Crippen molar-refractivity contribution in [2.24, 2.45) is 7.05 Å². The van der Waals surface area contributed by atoms with Crippen LogP contribution in [0.1, 0.15) is 23.7 Å². The maximum absolute atomic E-state index is 13.3. The molecule has 0 aliphatic carbocycles. The van der Waals surface area contributed by atoms with Crippen molar-refractivity contribution in [3.8, 4) is 5.69 Å². The van der Waals surface area contributed by atoms with Gasteiger partial charge >= 0.3 is 6.18 Å². The smallest absolute Gasteiger partial charge is 0.319 e. The molecule has 1 aromatic heterocycles. The van der Waals surface area contributed by atoms with Crippen LogP contribution in [0.5, 0.6) is 0 Å². The second kappa shape index (κ2) is 9.04. The Hall–Kier alpha value is -3.33. The lowest BCUT2D eigenvalue weighted by Gasteiger charge is -2.25. The average Bonchev–Trinajstić information content (AvgIpc) is 2.96. The summed E-state index contributed by atoms with van der Waals surface area (Å²) in [5.74, 6) is -0.483. The first kappa shape index (κ1) is 23.3. The largest absolute Gasteiger partial charge is 0.416 e. The number of carbonyl (C=O) groups is 1. The maximum atomic E-state index is 13.3. The number of nitrogens with zero attached hydrogens (tertiary/aromatic N) is 3. The highest BCUT2D eigenvalue weighted by atomic mass is 19.4. The molecule has 0 spiro atoms. The lowest BCUT2D eigenvalue weighted by molar-refractivity contribution is -0.138. The molecule has 170 valence electrons. The zero-order valence-electron chi connectivity index (χ0n) is 18.3. The minimum Gasteiger partial charge on any atom is -0.319 e. The molecule has 0 fully saturated rings. The van der Waals surface area contributed by atoms with Gasteiger partial charge in [-0.1, -0.05) is 36.4 Å². The summed E-state index contributed by atoms with van der Waals surface area (Å²) in [5, 5.41) is 2.66. The third-order valence-electron chi connectivity index (χ3n) is 5.59. The van der Waals surface area contributed by atoms with E-state index < -0.39 is 23.7 Å². The predicted octanol–water partition coefficient (Wildman–Crippen LogP) is 3.96. The lowest BCUT2D eigenvalue weighted by Crippen LogP contribution is -2.40. The molecular weight excluding hydrogens is 421 g/mol. The Morgan fingerprint density at radius 1 is 1.09 bits per heavy atom. The highest BCUT2D eigenvalue weighted by Crippen LogP contribution is 2.32. The van der Waals surface area contributed by atoms with Crippen LogP contribution in [0.3, 0.4) is 0 Å². The molecule has 6 nitrogen and oxygen atoms in total. The number of benzene rings is 2. The molecule has 1 heterocycles. The third kappa shape index (κ3) is 4.62. The number of rotatable bonds is 6.